The Morgan fingerprint density at radius 1 is 0.700 bits per heavy atom. The first kappa shape index (κ1) is 37.0. The van der Waals surface area contributed by atoms with Crippen molar-refractivity contribution >= 4 is 19.8 Å². The second-order valence-corrected chi connectivity index (χ2v) is 14.5. The van der Waals surface area contributed by atoms with Gasteiger partial charge in [-0.3, -0.25) is 18.6 Å². The quantitative estimate of drug-likeness (QED) is 0.0242. The lowest BCUT2D eigenvalue weighted by Gasteiger charge is -2.20. The highest BCUT2D eigenvalue weighted by Gasteiger charge is 2.27. The molecule has 0 fully saturated rings. The Kier molecular flexibility index (Phi) is 26.7. The summed E-state index contributed by atoms with van der Waals surface area (Å²) in [6, 6.07) is 0. The third-order valence-electron chi connectivity index (χ3n) is 8.21. The molecule has 296 valence electrons. The summed E-state index contributed by atoms with van der Waals surface area (Å²) >= 11 is 0. The maximum atomic E-state index is 12.6. The second kappa shape index (κ2) is 36.1. The van der Waals surface area contributed by atoms with Gasteiger partial charge in [0.2, 0.25) is 0 Å². The zero-order valence-electron chi connectivity index (χ0n) is 38.0. The third-order valence-corrected chi connectivity index (χ3v) is 9.16. The topological polar surface area (TPSA) is 149 Å². The Morgan fingerprint density at radius 2 is 1.18 bits per heavy atom. The van der Waals surface area contributed by atoms with E-state index in [1.807, 2.05) is 0 Å². The van der Waals surface area contributed by atoms with Crippen LogP contribution in [0.15, 0.2) is 12.2 Å². The fourth-order valence-corrected chi connectivity index (χ4v) is 5.98. The number of esters is 2. The number of phosphoric acid groups is 1. The van der Waals surface area contributed by atoms with Crippen LogP contribution in [0.1, 0.15) is 197 Å². The molecule has 0 aliphatic rings. The number of hydrogen-bond donors (Lipinski definition) is 3. The van der Waals surface area contributed by atoms with E-state index >= 15 is 0 Å². The van der Waals surface area contributed by atoms with E-state index in [1.54, 1.807) is 0 Å². The first-order valence-corrected chi connectivity index (χ1v) is 20.8. The molecule has 0 saturated heterocycles. The number of phosphoric ester groups is 1. The number of allylic oxidation sites excluding steroid dienone is 2. The lowest BCUT2D eigenvalue weighted by molar-refractivity contribution is -0.161. The Labute approximate surface area is 314 Å². The molecule has 0 aromatic heterocycles. The molecule has 0 rings (SSSR count). The van der Waals surface area contributed by atoms with Crippen LogP contribution >= 0.6 is 7.82 Å². The zero-order chi connectivity index (χ0) is 43.1. The van der Waals surface area contributed by atoms with Crippen molar-refractivity contribution in [2.24, 2.45) is 0 Å². The highest BCUT2D eigenvalue weighted by atomic mass is 31.2. The van der Waals surface area contributed by atoms with Gasteiger partial charge >= 0.3 is 19.8 Å². The number of carbonyl (C=O) groups excluding carboxylic acids is 2. The Balaban J connectivity index is 4.40. The second-order valence-electron chi connectivity index (χ2n) is 13.0. The minimum absolute atomic E-state index is 0.0987. The van der Waals surface area contributed by atoms with Gasteiger partial charge in [-0.15, -0.1) is 0 Å². The van der Waals surface area contributed by atoms with Crippen LogP contribution in [0.2, 0.25) is 0 Å². The van der Waals surface area contributed by atoms with Crippen LogP contribution in [0.5, 0.6) is 0 Å². The van der Waals surface area contributed by atoms with E-state index in [4.69, 9.17) is 28.7 Å². The van der Waals surface area contributed by atoms with E-state index in [1.165, 1.54) is 51.4 Å². The van der Waals surface area contributed by atoms with Gasteiger partial charge in [-0.05, 0) is 38.5 Å². The molecule has 11 heteroatoms. The van der Waals surface area contributed by atoms with Crippen molar-refractivity contribution in [3.05, 3.63) is 12.2 Å². The van der Waals surface area contributed by atoms with Gasteiger partial charge in [0.25, 0.3) is 0 Å². The minimum Gasteiger partial charge on any atom is -0.462 e. The standard InChI is InChI=1S/C39H75O10P/c1-3-5-7-9-11-13-15-17-18-19-21-23-25-27-29-31-39(43)49-37(35-48-50(44,45)47-33-36(41)32-40)34-46-38(42)30-28-26-24-22-20-16-14-12-10-8-6-4-2/h17-18,36-37,40-41H,3-16,19-35H2,1-2H3,(H,44,45)/b18-17-/t36-,37+/m0/s1/i1D3,3D2,5D2. The molecule has 0 aliphatic heterocycles. The highest BCUT2D eigenvalue weighted by molar-refractivity contribution is 7.47. The summed E-state index contributed by atoms with van der Waals surface area (Å²) in [5.41, 5.74) is 0. The summed E-state index contributed by atoms with van der Waals surface area (Å²) in [5, 5.41) is 18.3. The number of unbranched alkanes of at least 4 members (excludes halogenated alkanes) is 19. The maximum absolute atomic E-state index is 12.6. The summed E-state index contributed by atoms with van der Waals surface area (Å²) < 4.78 is 85.5. The fourth-order valence-electron chi connectivity index (χ4n) is 5.19. The van der Waals surface area contributed by atoms with E-state index in [2.05, 4.69) is 23.6 Å². The van der Waals surface area contributed by atoms with Crippen molar-refractivity contribution in [3.8, 4) is 0 Å². The van der Waals surface area contributed by atoms with Crippen molar-refractivity contribution in [1.29, 1.82) is 0 Å². The molecule has 0 aromatic carbocycles. The molecule has 0 radical (unpaired) electrons. The Morgan fingerprint density at radius 3 is 1.72 bits per heavy atom. The van der Waals surface area contributed by atoms with Gasteiger partial charge in [0.15, 0.2) is 6.10 Å². The maximum Gasteiger partial charge on any atom is 0.472 e. The number of aliphatic hydroxyl groups excluding tert-OH is 2. The molecule has 0 aromatic rings. The van der Waals surface area contributed by atoms with Crippen LogP contribution in [-0.2, 0) is 32.7 Å². The molecule has 0 amide bonds. The summed E-state index contributed by atoms with van der Waals surface area (Å²) in [4.78, 5) is 34.9. The van der Waals surface area contributed by atoms with E-state index in [0.29, 0.717) is 25.7 Å². The highest BCUT2D eigenvalue weighted by Crippen LogP contribution is 2.43. The molecule has 3 atom stereocenters. The average molecular weight is 742 g/mol. The van der Waals surface area contributed by atoms with Crippen LogP contribution in [0.4, 0.5) is 0 Å². The Hall–Kier alpha value is -1.29. The van der Waals surface area contributed by atoms with E-state index in [-0.39, 0.29) is 25.9 Å². The summed E-state index contributed by atoms with van der Waals surface area (Å²) in [6.07, 6.45) is 18.2. The SMILES string of the molecule is [2H]C([2H])([2H])C([2H])([2H])C([2H])([2H])CCCCC/C=C\CCCCCCCC(=O)O[C@H](COC(=O)CCCCCCCCCCCCCC)COP(=O)(O)OC[C@@H](O)CO. The van der Waals surface area contributed by atoms with Gasteiger partial charge in [0.05, 0.1) is 19.8 Å². The monoisotopic (exact) mass is 742 g/mol. The van der Waals surface area contributed by atoms with Gasteiger partial charge in [-0.2, -0.15) is 0 Å². The molecule has 0 aliphatic carbocycles. The van der Waals surface area contributed by atoms with Gasteiger partial charge in [-0.1, -0.05) is 148 Å². The van der Waals surface area contributed by atoms with Crippen molar-refractivity contribution in [2.75, 3.05) is 26.4 Å². The number of ether oxygens (including phenoxy) is 2. The first-order chi connectivity index (χ1) is 26.9. The van der Waals surface area contributed by atoms with Crippen molar-refractivity contribution < 1.29 is 57.4 Å². The minimum atomic E-state index is -4.66. The lowest BCUT2D eigenvalue weighted by Crippen LogP contribution is -2.29. The summed E-state index contributed by atoms with van der Waals surface area (Å²) in [7, 11) is -4.66. The van der Waals surface area contributed by atoms with Crippen LogP contribution < -0.4 is 0 Å². The van der Waals surface area contributed by atoms with Crippen LogP contribution in [-0.4, -0.2) is 65.7 Å². The largest absolute Gasteiger partial charge is 0.472 e. The van der Waals surface area contributed by atoms with Crippen molar-refractivity contribution in [3.63, 3.8) is 0 Å². The fraction of sp³-hybridized carbons (Fsp3) is 0.897. The lowest BCUT2D eigenvalue weighted by atomic mass is 10.0. The van der Waals surface area contributed by atoms with Crippen LogP contribution in [0, 0.1) is 0 Å². The Bertz CT molecular complexity index is 1110. The van der Waals surface area contributed by atoms with Gasteiger partial charge in [0, 0.05) is 22.4 Å². The van der Waals surface area contributed by atoms with Crippen molar-refractivity contribution in [2.45, 2.75) is 199 Å². The normalized spacial score (nSPS) is 17.0. The molecular formula is C39H75O10P. The van der Waals surface area contributed by atoms with Crippen molar-refractivity contribution in [1.82, 2.24) is 0 Å². The number of carbonyl (C=O) groups is 2. The number of hydrogen-bond acceptors (Lipinski definition) is 9. The average Bonchev–Trinajstić information content (AvgIpc) is 3.14. The molecular weight excluding hydrogens is 659 g/mol. The zero-order valence-corrected chi connectivity index (χ0v) is 31.9. The molecule has 3 N–H and O–H groups in total. The van der Waals surface area contributed by atoms with E-state index in [9.17, 15) is 24.2 Å². The summed E-state index contributed by atoms with van der Waals surface area (Å²) in [5.74, 6) is -1.04. The van der Waals surface area contributed by atoms with E-state index < -0.39 is 71.4 Å². The summed E-state index contributed by atoms with van der Waals surface area (Å²) in [6.45, 7) is -3.08. The predicted octanol–water partition coefficient (Wildman–Crippen LogP) is 10.1. The predicted molar refractivity (Wildman–Crippen MR) is 201 cm³/mol. The van der Waals surface area contributed by atoms with Gasteiger partial charge in [-0.25, -0.2) is 4.57 Å². The van der Waals surface area contributed by atoms with Gasteiger partial charge in [0.1, 0.15) is 12.7 Å². The molecule has 0 bridgehead atoms. The molecule has 0 saturated carbocycles. The molecule has 1 unspecified atom stereocenters. The molecule has 50 heavy (non-hydrogen) atoms. The smallest absolute Gasteiger partial charge is 0.462 e. The molecule has 0 heterocycles. The van der Waals surface area contributed by atoms with E-state index in [0.717, 1.165) is 64.2 Å². The first-order valence-electron chi connectivity index (χ1n) is 22.8. The van der Waals surface area contributed by atoms with Gasteiger partial charge < -0.3 is 24.6 Å². The number of aliphatic hydroxyl groups is 2. The van der Waals surface area contributed by atoms with Crippen LogP contribution in [0.3, 0.4) is 0 Å². The van der Waals surface area contributed by atoms with Crippen LogP contribution in [0.25, 0.3) is 0 Å². The number of rotatable bonds is 38. The molecule has 0 spiro atoms. The molecule has 10 nitrogen and oxygen atoms in total. The third kappa shape index (κ3) is 35.1.